The van der Waals surface area contributed by atoms with Gasteiger partial charge in [-0.15, -0.1) is 0 Å². The Balaban J connectivity index is 2.23. The van der Waals surface area contributed by atoms with E-state index in [1.165, 1.54) is 12.8 Å². The van der Waals surface area contributed by atoms with Gasteiger partial charge in [-0.05, 0) is 25.7 Å². The maximum Gasteiger partial charge on any atom is 0.317 e. The summed E-state index contributed by atoms with van der Waals surface area (Å²) in [5.41, 5.74) is 0. The van der Waals surface area contributed by atoms with E-state index in [9.17, 15) is 4.79 Å². The van der Waals surface area contributed by atoms with E-state index in [0.29, 0.717) is 6.04 Å². The zero-order chi connectivity index (χ0) is 12.8. The maximum atomic E-state index is 10.6. The number of carbonyl (C=O) groups is 1. The van der Waals surface area contributed by atoms with Crippen LogP contribution in [-0.4, -0.2) is 59.6 Å². The Morgan fingerprint density at radius 2 is 1.71 bits per heavy atom. The summed E-state index contributed by atoms with van der Waals surface area (Å²) in [6.07, 6.45) is 2.52. The third kappa shape index (κ3) is 5.50. The molecule has 1 saturated heterocycles. The minimum atomic E-state index is -0.716. The van der Waals surface area contributed by atoms with E-state index in [1.807, 2.05) is 4.90 Å². The first kappa shape index (κ1) is 14.5. The molecule has 1 fully saturated rings. The number of nitrogens with zero attached hydrogens (tertiary/aromatic N) is 2. The van der Waals surface area contributed by atoms with Crippen molar-refractivity contribution in [3.05, 3.63) is 0 Å². The number of hydrogen-bond donors (Lipinski definition) is 1. The highest BCUT2D eigenvalue weighted by atomic mass is 16.4. The maximum absolute atomic E-state index is 10.6. The van der Waals surface area contributed by atoms with E-state index in [-0.39, 0.29) is 6.54 Å². The smallest absolute Gasteiger partial charge is 0.317 e. The fraction of sp³-hybridized carbons (Fsp3) is 0.923. The molecule has 0 amide bonds. The highest BCUT2D eigenvalue weighted by Crippen LogP contribution is 2.13. The summed E-state index contributed by atoms with van der Waals surface area (Å²) in [7, 11) is 0. The van der Waals surface area contributed by atoms with E-state index >= 15 is 0 Å². The van der Waals surface area contributed by atoms with Crippen molar-refractivity contribution in [3.8, 4) is 0 Å². The highest BCUT2D eigenvalue weighted by molar-refractivity contribution is 5.69. The van der Waals surface area contributed by atoms with Gasteiger partial charge in [-0.3, -0.25) is 14.6 Å². The van der Waals surface area contributed by atoms with Crippen molar-refractivity contribution in [2.24, 2.45) is 5.92 Å². The lowest BCUT2D eigenvalue weighted by atomic mass is 10.0. The molecule has 0 aliphatic carbocycles. The normalized spacial score (nSPS) is 20.7. The van der Waals surface area contributed by atoms with Crippen LogP contribution in [-0.2, 0) is 4.79 Å². The molecule has 1 unspecified atom stereocenters. The van der Waals surface area contributed by atoms with Gasteiger partial charge in [-0.2, -0.15) is 0 Å². The van der Waals surface area contributed by atoms with Crippen molar-refractivity contribution in [1.82, 2.24) is 9.80 Å². The molecule has 1 N–H and O–H groups in total. The van der Waals surface area contributed by atoms with Crippen molar-refractivity contribution >= 4 is 5.97 Å². The molecule has 0 saturated carbocycles. The van der Waals surface area contributed by atoms with Gasteiger partial charge in [0.25, 0.3) is 0 Å². The van der Waals surface area contributed by atoms with Crippen LogP contribution in [0.3, 0.4) is 0 Å². The van der Waals surface area contributed by atoms with Crippen molar-refractivity contribution in [3.63, 3.8) is 0 Å². The fourth-order valence-electron chi connectivity index (χ4n) is 2.31. The second-order valence-corrected chi connectivity index (χ2v) is 5.53. The largest absolute Gasteiger partial charge is 0.480 e. The van der Waals surface area contributed by atoms with Gasteiger partial charge >= 0.3 is 5.97 Å². The van der Waals surface area contributed by atoms with Gasteiger partial charge in [-0.1, -0.05) is 13.8 Å². The van der Waals surface area contributed by atoms with Crippen LogP contribution in [0.5, 0.6) is 0 Å². The van der Waals surface area contributed by atoms with Crippen molar-refractivity contribution in [2.75, 3.05) is 32.7 Å². The van der Waals surface area contributed by atoms with Crippen LogP contribution in [0.4, 0.5) is 0 Å². The predicted molar refractivity (Wildman–Crippen MR) is 69.2 cm³/mol. The Labute approximate surface area is 105 Å². The van der Waals surface area contributed by atoms with E-state index in [1.54, 1.807) is 0 Å². The Bertz CT molecular complexity index is 236. The molecule has 17 heavy (non-hydrogen) atoms. The Morgan fingerprint density at radius 3 is 2.18 bits per heavy atom. The van der Waals surface area contributed by atoms with Gasteiger partial charge < -0.3 is 5.11 Å². The van der Waals surface area contributed by atoms with Gasteiger partial charge in [0.15, 0.2) is 0 Å². The zero-order valence-corrected chi connectivity index (χ0v) is 11.4. The van der Waals surface area contributed by atoms with Crippen LogP contribution in [0.25, 0.3) is 0 Å². The lowest BCUT2D eigenvalue weighted by molar-refractivity contribution is -0.138. The molecule has 4 nitrogen and oxygen atoms in total. The number of carboxylic acid groups (broad SMARTS) is 1. The lowest BCUT2D eigenvalue weighted by Crippen LogP contribution is -2.50. The van der Waals surface area contributed by atoms with Crippen LogP contribution in [0.1, 0.15) is 33.6 Å². The number of carboxylic acids is 1. The standard InChI is InChI=1S/C13H26N2O2/c1-11(2)4-5-12(3)15-8-6-14(7-9-15)10-13(16)17/h11-12H,4-10H2,1-3H3,(H,16,17). The fourth-order valence-corrected chi connectivity index (χ4v) is 2.31. The van der Waals surface area contributed by atoms with E-state index < -0.39 is 5.97 Å². The molecular weight excluding hydrogens is 216 g/mol. The summed E-state index contributed by atoms with van der Waals surface area (Å²) in [5.74, 6) is 0.0528. The molecule has 4 heteroatoms. The van der Waals surface area contributed by atoms with E-state index in [2.05, 4.69) is 25.7 Å². The lowest BCUT2D eigenvalue weighted by Gasteiger charge is -2.37. The predicted octanol–water partition coefficient (Wildman–Crippen LogP) is 1.51. The Morgan fingerprint density at radius 1 is 1.12 bits per heavy atom. The van der Waals surface area contributed by atoms with Crippen LogP contribution in [0.2, 0.25) is 0 Å². The molecule has 1 atom stereocenters. The van der Waals surface area contributed by atoms with Crippen molar-refractivity contribution in [1.29, 1.82) is 0 Å². The minimum Gasteiger partial charge on any atom is -0.480 e. The van der Waals surface area contributed by atoms with Gasteiger partial charge in [0.1, 0.15) is 0 Å². The molecular formula is C13H26N2O2. The quantitative estimate of drug-likeness (QED) is 0.767. The molecule has 1 heterocycles. The number of piperazine rings is 1. The average molecular weight is 242 g/mol. The molecule has 0 radical (unpaired) electrons. The monoisotopic (exact) mass is 242 g/mol. The molecule has 1 aliphatic heterocycles. The Kier molecular flexibility index (Phi) is 5.92. The van der Waals surface area contributed by atoms with Crippen molar-refractivity contribution in [2.45, 2.75) is 39.7 Å². The second kappa shape index (κ2) is 6.97. The van der Waals surface area contributed by atoms with Crippen LogP contribution < -0.4 is 0 Å². The minimum absolute atomic E-state index is 0.189. The third-order valence-electron chi connectivity index (χ3n) is 3.55. The second-order valence-electron chi connectivity index (χ2n) is 5.53. The average Bonchev–Trinajstić information content (AvgIpc) is 2.26. The summed E-state index contributed by atoms with van der Waals surface area (Å²) < 4.78 is 0. The first-order valence-electron chi connectivity index (χ1n) is 6.67. The van der Waals surface area contributed by atoms with Crippen LogP contribution in [0, 0.1) is 5.92 Å². The Hall–Kier alpha value is -0.610. The molecule has 0 aromatic rings. The first-order valence-corrected chi connectivity index (χ1v) is 6.67. The third-order valence-corrected chi connectivity index (χ3v) is 3.55. The number of aliphatic carboxylic acids is 1. The van der Waals surface area contributed by atoms with E-state index in [0.717, 1.165) is 32.1 Å². The van der Waals surface area contributed by atoms with Crippen molar-refractivity contribution < 1.29 is 9.90 Å². The van der Waals surface area contributed by atoms with Gasteiger partial charge in [0.05, 0.1) is 6.54 Å². The summed E-state index contributed by atoms with van der Waals surface area (Å²) >= 11 is 0. The summed E-state index contributed by atoms with van der Waals surface area (Å²) in [5, 5.41) is 8.73. The zero-order valence-electron chi connectivity index (χ0n) is 11.4. The topological polar surface area (TPSA) is 43.8 Å². The first-order chi connectivity index (χ1) is 7.99. The summed E-state index contributed by atoms with van der Waals surface area (Å²) in [4.78, 5) is 15.1. The highest BCUT2D eigenvalue weighted by Gasteiger charge is 2.21. The van der Waals surface area contributed by atoms with Gasteiger partial charge in [0, 0.05) is 32.2 Å². The van der Waals surface area contributed by atoms with Crippen LogP contribution in [0.15, 0.2) is 0 Å². The van der Waals surface area contributed by atoms with Gasteiger partial charge in [0.2, 0.25) is 0 Å². The number of rotatable bonds is 6. The molecule has 0 spiro atoms. The SMILES string of the molecule is CC(C)CCC(C)N1CCN(CC(=O)O)CC1. The molecule has 0 bridgehead atoms. The molecule has 0 aromatic carbocycles. The molecule has 1 aliphatic rings. The summed E-state index contributed by atoms with van der Waals surface area (Å²) in [6.45, 7) is 10.8. The summed E-state index contributed by atoms with van der Waals surface area (Å²) in [6, 6.07) is 0.629. The molecule has 100 valence electrons. The molecule has 1 rings (SSSR count). The van der Waals surface area contributed by atoms with Gasteiger partial charge in [-0.25, -0.2) is 0 Å². The van der Waals surface area contributed by atoms with E-state index in [4.69, 9.17) is 5.11 Å². The van der Waals surface area contributed by atoms with Crippen LogP contribution >= 0.6 is 0 Å². The number of hydrogen-bond acceptors (Lipinski definition) is 3. The molecule has 0 aromatic heterocycles.